The van der Waals surface area contributed by atoms with Gasteiger partial charge in [-0.15, -0.1) is 0 Å². The van der Waals surface area contributed by atoms with E-state index in [1.807, 2.05) is 0 Å². The highest BCUT2D eigenvalue weighted by molar-refractivity contribution is 5.69. The molecule has 0 saturated carbocycles. The molecule has 0 aliphatic heterocycles. The van der Waals surface area contributed by atoms with Gasteiger partial charge >= 0.3 is 5.97 Å². The summed E-state index contributed by atoms with van der Waals surface area (Å²) in [4.78, 5) is 10.9. The highest BCUT2D eigenvalue weighted by Crippen LogP contribution is 2.12. The normalized spacial score (nSPS) is 10.5. The predicted octanol–water partition coefficient (Wildman–Crippen LogP) is 1.29. The molecule has 0 aliphatic carbocycles. The smallest absolute Gasteiger partial charge is 0.306 e. The third-order valence-corrected chi connectivity index (χ3v) is 2.93. The number of methoxy groups -OCH3 is 1. The number of nitrogens with zero attached hydrogens (tertiary/aromatic N) is 1. The van der Waals surface area contributed by atoms with Crippen molar-refractivity contribution in [3.63, 3.8) is 0 Å². The van der Waals surface area contributed by atoms with Gasteiger partial charge < -0.3 is 14.6 Å². The predicted molar refractivity (Wildman–Crippen MR) is 63.2 cm³/mol. The van der Waals surface area contributed by atoms with E-state index in [-0.39, 0.29) is 5.97 Å². The van der Waals surface area contributed by atoms with Crippen LogP contribution in [0.3, 0.4) is 0 Å². The van der Waals surface area contributed by atoms with E-state index in [9.17, 15) is 4.79 Å². The zero-order valence-electron chi connectivity index (χ0n) is 10.5. The molecule has 0 spiro atoms. The molecule has 0 amide bonds. The van der Waals surface area contributed by atoms with Crippen LogP contribution < -0.4 is 5.32 Å². The lowest BCUT2D eigenvalue weighted by Gasteiger charge is -2.04. The Morgan fingerprint density at radius 2 is 2.19 bits per heavy atom. The minimum absolute atomic E-state index is 0.173. The van der Waals surface area contributed by atoms with Crippen molar-refractivity contribution < 1.29 is 9.53 Å². The van der Waals surface area contributed by atoms with E-state index in [1.54, 1.807) is 0 Å². The van der Waals surface area contributed by atoms with Crippen LogP contribution in [0.2, 0.25) is 0 Å². The molecular weight excluding hydrogens is 204 g/mol. The Kier molecular flexibility index (Phi) is 4.55. The maximum Gasteiger partial charge on any atom is 0.306 e. The van der Waals surface area contributed by atoms with Crippen LogP contribution in [0.1, 0.15) is 23.4 Å². The largest absolute Gasteiger partial charge is 0.469 e. The lowest BCUT2D eigenvalue weighted by atomic mass is 10.2. The first-order valence-electron chi connectivity index (χ1n) is 5.45. The Bertz CT molecular complexity index is 369. The van der Waals surface area contributed by atoms with E-state index in [2.05, 4.69) is 41.6 Å². The summed E-state index contributed by atoms with van der Waals surface area (Å²) in [5, 5.41) is 3.23. The molecule has 1 N–H and O–H groups in total. The summed E-state index contributed by atoms with van der Waals surface area (Å²) in [6.07, 6.45) is 0.418. The summed E-state index contributed by atoms with van der Waals surface area (Å²) in [5.74, 6) is -0.173. The number of hydrogen-bond acceptors (Lipinski definition) is 3. The molecule has 1 rings (SSSR count). The van der Waals surface area contributed by atoms with Gasteiger partial charge in [0.1, 0.15) is 0 Å². The van der Waals surface area contributed by atoms with E-state index in [1.165, 1.54) is 24.1 Å². The highest BCUT2D eigenvalue weighted by atomic mass is 16.5. The fourth-order valence-corrected chi connectivity index (χ4v) is 1.63. The minimum atomic E-state index is -0.173. The SMILES string of the molecule is COC(=O)CCNCc1cc(C)n(C)c1C. The molecule has 4 nitrogen and oxygen atoms in total. The summed E-state index contributed by atoms with van der Waals surface area (Å²) in [7, 11) is 3.47. The van der Waals surface area contributed by atoms with Gasteiger partial charge in [0.15, 0.2) is 0 Å². The number of aromatic nitrogens is 1. The first-order chi connectivity index (χ1) is 7.56. The van der Waals surface area contributed by atoms with Gasteiger partial charge in [-0.2, -0.15) is 0 Å². The van der Waals surface area contributed by atoms with Crippen LogP contribution in [-0.2, 0) is 23.1 Å². The third-order valence-electron chi connectivity index (χ3n) is 2.93. The zero-order chi connectivity index (χ0) is 12.1. The number of ether oxygens (including phenoxy) is 1. The van der Waals surface area contributed by atoms with Crippen molar-refractivity contribution in [3.05, 3.63) is 23.0 Å². The number of carbonyl (C=O) groups is 1. The monoisotopic (exact) mass is 224 g/mol. The molecule has 1 aromatic heterocycles. The topological polar surface area (TPSA) is 43.3 Å². The van der Waals surface area contributed by atoms with Crippen LogP contribution in [-0.4, -0.2) is 24.2 Å². The van der Waals surface area contributed by atoms with Crippen LogP contribution in [0.25, 0.3) is 0 Å². The molecule has 0 aromatic carbocycles. The second-order valence-electron chi connectivity index (χ2n) is 3.96. The van der Waals surface area contributed by atoms with E-state index in [4.69, 9.17) is 0 Å². The molecule has 0 bridgehead atoms. The first kappa shape index (κ1) is 12.8. The van der Waals surface area contributed by atoms with Gasteiger partial charge in [0, 0.05) is 31.5 Å². The van der Waals surface area contributed by atoms with Gasteiger partial charge in [-0.25, -0.2) is 0 Å². The summed E-state index contributed by atoms with van der Waals surface area (Å²) in [6, 6.07) is 2.17. The van der Waals surface area contributed by atoms with Gasteiger partial charge in [-0.05, 0) is 25.5 Å². The van der Waals surface area contributed by atoms with Gasteiger partial charge in [0.25, 0.3) is 0 Å². The molecule has 0 atom stereocenters. The number of rotatable bonds is 5. The maximum atomic E-state index is 10.9. The van der Waals surface area contributed by atoms with Crippen LogP contribution in [0.5, 0.6) is 0 Å². The van der Waals surface area contributed by atoms with Crippen LogP contribution >= 0.6 is 0 Å². The van der Waals surface area contributed by atoms with Crippen LogP contribution in [0, 0.1) is 13.8 Å². The molecular formula is C12H20N2O2. The lowest BCUT2D eigenvalue weighted by molar-refractivity contribution is -0.140. The van der Waals surface area contributed by atoms with Crippen LogP contribution in [0.15, 0.2) is 6.07 Å². The summed E-state index contributed by atoms with van der Waals surface area (Å²) in [5.41, 5.74) is 3.80. The number of aryl methyl sites for hydroxylation is 1. The van der Waals surface area contributed by atoms with Crippen molar-refractivity contribution in [2.24, 2.45) is 7.05 Å². The standard InChI is InChI=1S/C12H20N2O2/c1-9-7-11(10(2)14(9)3)8-13-6-5-12(15)16-4/h7,13H,5-6,8H2,1-4H3. The van der Waals surface area contributed by atoms with Gasteiger partial charge in [-0.3, -0.25) is 4.79 Å². The molecule has 0 aliphatic rings. The number of nitrogens with one attached hydrogen (secondary N) is 1. The van der Waals surface area contributed by atoms with E-state index < -0.39 is 0 Å². The minimum Gasteiger partial charge on any atom is -0.469 e. The number of hydrogen-bond donors (Lipinski definition) is 1. The second-order valence-corrected chi connectivity index (χ2v) is 3.96. The van der Waals surface area contributed by atoms with Crippen molar-refractivity contribution in [2.75, 3.05) is 13.7 Å². The van der Waals surface area contributed by atoms with Crippen molar-refractivity contribution in [2.45, 2.75) is 26.8 Å². The molecule has 90 valence electrons. The van der Waals surface area contributed by atoms with Crippen LogP contribution in [0.4, 0.5) is 0 Å². The van der Waals surface area contributed by atoms with E-state index in [0.29, 0.717) is 13.0 Å². The molecule has 0 radical (unpaired) electrons. The van der Waals surface area contributed by atoms with Gasteiger partial charge in [0.2, 0.25) is 0 Å². The first-order valence-corrected chi connectivity index (χ1v) is 5.45. The van der Waals surface area contributed by atoms with Crippen molar-refractivity contribution >= 4 is 5.97 Å². The Hall–Kier alpha value is -1.29. The summed E-state index contributed by atoms with van der Waals surface area (Å²) < 4.78 is 6.73. The molecule has 0 saturated heterocycles. The van der Waals surface area contributed by atoms with Crippen molar-refractivity contribution in [3.8, 4) is 0 Å². The fourth-order valence-electron chi connectivity index (χ4n) is 1.63. The quantitative estimate of drug-likeness (QED) is 0.605. The summed E-state index contributed by atoms with van der Waals surface area (Å²) in [6.45, 7) is 5.64. The van der Waals surface area contributed by atoms with Gasteiger partial charge in [0.05, 0.1) is 13.5 Å². The second kappa shape index (κ2) is 5.70. The lowest BCUT2D eigenvalue weighted by Crippen LogP contribution is -2.18. The fraction of sp³-hybridized carbons (Fsp3) is 0.583. The van der Waals surface area contributed by atoms with Crippen molar-refractivity contribution in [1.82, 2.24) is 9.88 Å². The Balaban J connectivity index is 2.38. The van der Waals surface area contributed by atoms with Gasteiger partial charge in [-0.1, -0.05) is 0 Å². The summed E-state index contributed by atoms with van der Waals surface area (Å²) >= 11 is 0. The zero-order valence-corrected chi connectivity index (χ0v) is 10.5. The van der Waals surface area contributed by atoms with Crippen molar-refractivity contribution in [1.29, 1.82) is 0 Å². The average molecular weight is 224 g/mol. The Labute approximate surface area is 96.6 Å². The van der Waals surface area contributed by atoms with E-state index >= 15 is 0 Å². The Morgan fingerprint density at radius 3 is 2.69 bits per heavy atom. The Morgan fingerprint density at radius 1 is 1.50 bits per heavy atom. The number of esters is 1. The highest BCUT2D eigenvalue weighted by Gasteiger charge is 2.05. The number of carbonyl (C=O) groups excluding carboxylic acids is 1. The molecule has 4 heteroatoms. The van der Waals surface area contributed by atoms with E-state index in [0.717, 1.165) is 6.54 Å². The molecule has 0 unspecified atom stereocenters. The molecule has 0 fully saturated rings. The molecule has 1 aromatic rings. The third kappa shape index (κ3) is 3.10. The molecule has 16 heavy (non-hydrogen) atoms. The maximum absolute atomic E-state index is 10.9. The average Bonchev–Trinajstić information content (AvgIpc) is 2.52. The molecule has 1 heterocycles.